The van der Waals surface area contributed by atoms with Gasteiger partial charge in [0, 0.05) is 12.8 Å². The van der Waals surface area contributed by atoms with Crippen LogP contribution < -0.4 is 0 Å². The van der Waals surface area contributed by atoms with E-state index in [1.54, 1.807) is 0 Å². The lowest BCUT2D eigenvalue weighted by Gasteiger charge is -2.20. The number of phosphoric ester groups is 1. The fourth-order valence-electron chi connectivity index (χ4n) is 5.59. The summed E-state index contributed by atoms with van der Waals surface area (Å²) in [6.07, 6.45) is 42.3. The van der Waals surface area contributed by atoms with Gasteiger partial charge in [0.2, 0.25) is 0 Å². The molecule has 0 aliphatic heterocycles. The Morgan fingerprint density at radius 3 is 1.49 bits per heavy atom. The van der Waals surface area contributed by atoms with E-state index in [2.05, 4.69) is 60.9 Å². The Bertz CT molecular complexity index is 1060. The van der Waals surface area contributed by atoms with Gasteiger partial charge in [0.15, 0.2) is 6.10 Å². The summed E-state index contributed by atoms with van der Waals surface area (Å²) in [6, 6.07) is 0. The molecule has 0 radical (unpaired) electrons. The van der Waals surface area contributed by atoms with Crippen molar-refractivity contribution in [3.63, 3.8) is 0 Å². The molecule has 0 saturated carbocycles. The Balaban J connectivity index is 4.42. The normalized spacial score (nSPS) is 14.3. The van der Waals surface area contributed by atoms with Crippen molar-refractivity contribution in [1.29, 1.82) is 0 Å². The summed E-state index contributed by atoms with van der Waals surface area (Å²) >= 11 is 0. The Hall–Kier alpha value is -2.07. The Labute approximate surface area is 334 Å². The number of hydrogen-bond acceptors (Lipinski definition) is 9. The van der Waals surface area contributed by atoms with E-state index in [1.807, 2.05) is 6.08 Å². The van der Waals surface area contributed by atoms with Crippen LogP contribution in [0.4, 0.5) is 0 Å². The summed E-state index contributed by atoms with van der Waals surface area (Å²) in [7, 11) is -4.63. The molecule has 55 heavy (non-hydrogen) atoms. The molecule has 3 N–H and O–H groups in total. The van der Waals surface area contributed by atoms with Gasteiger partial charge in [-0.1, -0.05) is 146 Å². The third-order valence-electron chi connectivity index (χ3n) is 8.96. The molecule has 10 nitrogen and oxygen atoms in total. The molecular weight excluding hydrogens is 719 g/mol. The highest BCUT2D eigenvalue weighted by Gasteiger charge is 2.27. The molecular formula is C44H79O10P. The van der Waals surface area contributed by atoms with Gasteiger partial charge in [0.1, 0.15) is 12.7 Å². The molecule has 320 valence electrons. The van der Waals surface area contributed by atoms with Crippen molar-refractivity contribution in [2.45, 2.75) is 193 Å². The minimum absolute atomic E-state index is 0.108. The highest BCUT2D eigenvalue weighted by Crippen LogP contribution is 2.43. The maximum absolute atomic E-state index is 12.6. The van der Waals surface area contributed by atoms with Crippen molar-refractivity contribution in [3.05, 3.63) is 48.6 Å². The van der Waals surface area contributed by atoms with Crippen molar-refractivity contribution in [3.8, 4) is 0 Å². The lowest BCUT2D eigenvalue weighted by atomic mass is 10.1. The number of esters is 2. The van der Waals surface area contributed by atoms with Gasteiger partial charge in [0.25, 0.3) is 0 Å². The van der Waals surface area contributed by atoms with Gasteiger partial charge in [-0.15, -0.1) is 0 Å². The van der Waals surface area contributed by atoms with Crippen LogP contribution in [-0.4, -0.2) is 65.7 Å². The van der Waals surface area contributed by atoms with E-state index in [0.29, 0.717) is 19.3 Å². The first-order valence-electron chi connectivity index (χ1n) is 21.6. The summed E-state index contributed by atoms with van der Waals surface area (Å²) in [6.45, 7) is 2.29. The van der Waals surface area contributed by atoms with Crippen molar-refractivity contribution < 1.29 is 47.8 Å². The number of ether oxygens (including phenoxy) is 2. The zero-order chi connectivity index (χ0) is 40.5. The summed E-state index contributed by atoms with van der Waals surface area (Å²) < 4.78 is 32.6. The summed E-state index contributed by atoms with van der Waals surface area (Å²) in [5, 5.41) is 18.3. The third kappa shape index (κ3) is 39.9. The molecule has 0 saturated heterocycles. The van der Waals surface area contributed by atoms with Crippen LogP contribution in [0.25, 0.3) is 0 Å². The fourth-order valence-corrected chi connectivity index (χ4v) is 6.38. The number of rotatable bonds is 40. The van der Waals surface area contributed by atoms with Crippen LogP contribution >= 0.6 is 7.82 Å². The van der Waals surface area contributed by atoms with Gasteiger partial charge in [0.05, 0.1) is 19.8 Å². The fraction of sp³-hybridized carbons (Fsp3) is 0.773. The van der Waals surface area contributed by atoms with E-state index in [-0.39, 0.29) is 19.4 Å². The van der Waals surface area contributed by atoms with E-state index in [4.69, 9.17) is 19.1 Å². The second kappa shape index (κ2) is 40.1. The average Bonchev–Trinajstić information content (AvgIpc) is 3.17. The SMILES string of the molecule is CCCCCCCC/C=C/C/C=C/C/C=C/CCCC(=O)O[C@H](COC(=O)CCCC/C=C/CCCCCCCCCCC)COP(=O)(O)OC[C@@H](O)CO. The van der Waals surface area contributed by atoms with Gasteiger partial charge >= 0.3 is 19.8 Å². The lowest BCUT2D eigenvalue weighted by molar-refractivity contribution is -0.161. The van der Waals surface area contributed by atoms with Crippen molar-refractivity contribution in [2.75, 3.05) is 26.4 Å². The predicted octanol–water partition coefficient (Wildman–Crippen LogP) is 11.3. The number of allylic oxidation sites excluding steroid dienone is 8. The Morgan fingerprint density at radius 1 is 0.545 bits per heavy atom. The zero-order valence-electron chi connectivity index (χ0n) is 34.6. The highest BCUT2D eigenvalue weighted by molar-refractivity contribution is 7.47. The molecule has 0 aliphatic carbocycles. The molecule has 0 bridgehead atoms. The molecule has 0 rings (SSSR count). The Kier molecular flexibility index (Phi) is 38.6. The number of hydrogen-bond donors (Lipinski definition) is 3. The van der Waals surface area contributed by atoms with E-state index in [1.165, 1.54) is 96.3 Å². The largest absolute Gasteiger partial charge is 0.472 e. The first-order valence-corrected chi connectivity index (χ1v) is 23.1. The Morgan fingerprint density at radius 2 is 0.964 bits per heavy atom. The van der Waals surface area contributed by atoms with Gasteiger partial charge in [-0.2, -0.15) is 0 Å². The van der Waals surface area contributed by atoms with Crippen LogP contribution in [-0.2, 0) is 32.7 Å². The molecule has 0 spiro atoms. The average molecular weight is 799 g/mol. The molecule has 11 heteroatoms. The smallest absolute Gasteiger partial charge is 0.462 e. The molecule has 0 aromatic carbocycles. The van der Waals surface area contributed by atoms with Crippen LogP contribution in [0.1, 0.15) is 181 Å². The topological polar surface area (TPSA) is 149 Å². The van der Waals surface area contributed by atoms with Gasteiger partial charge in [-0.25, -0.2) is 4.57 Å². The molecule has 0 aliphatic rings. The van der Waals surface area contributed by atoms with E-state index in [0.717, 1.165) is 38.5 Å². The second-order valence-corrected chi connectivity index (χ2v) is 15.8. The minimum Gasteiger partial charge on any atom is -0.462 e. The van der Waals surface area contributed by atoms with Crippen molar-refractivity contribution in [2.24, 2.45) is 0 Å². The maximum atomic E-state index is 12.6. The van der Waals surface area contributed by atoms with Crippen molar-refractivity contribution >= 4 is 19.8 Å². The summed E-state index contributed by atoms with van der Waals surface area (Å²) in [5.41, 5.74) is 0. The number of aliphatic hydroxyl groups is 2. The van der Waals surface area contributed by atoms with Crippen LogP contribution in [0.2, 0.25) is 0 Å². The predicted molar refractivity (Wildman–Crippen MR) is 224 cm³/mol. The monoisotopic (exact) mass is 799 g/mol. The molecule has 3 atom stereocenters. The highest BCUT2D eigenvalue weighted by atomic mass is 31.2. The summed E-state index contributed by atoms with van der Waals surface area (Å²) in [4.78, 5) is 34.9. The van der Waals surface area contributed by atoms with E-state index >= 15 is 0 Å². The quantitative estimate of drug-likeness (QED) is 0.0237. The van der Waals surface area contributed by atoms with E-state index in [9.17, 15) is 24.2 Å². The number of carbonyl (C=O) groups excluding carboxylic acids is 2. The molecule has 0 aromatic rings. The number of aliphatic hydroxyl groups excluding tert-OH is 2. The molecule has 0 heterocycles. The van der Waals surface area contributed by atoms with Crippen LogP contribution in [0.15, 0.2) is 48.6 Å². The maximum Gasteiger partial charge on any atom is 0.472 e. The van der Waals surface area contributed by atoms with Gasteiger partial charge in [-0.05, 0) is 70.6 Å². The summed E-state index contributed by atoms with van der Waals surface area (Å²) in [5.74, 6) is -1.01. The molecule has 1 unspecified atom stereocenters. The number of phosphoric acid groups is 1. The number of carbonyl (C=O) groups is 2. The van der Waals surface area contributed by atoms with Crippen molar-refractivity contribution in [1.82, 2.24) is 0 Å². The molecule has 0 fully saturated rings. The minimum atomic E-state index is -4.63. The first-order chi connectivity index (χ1) is 26.7. The van der Waals surface area contributed by atoms with Gasteiger partial charge in [-0.3, -0.25) is 18.6 Å². The molecule has 0 aromatic heterocycles. The standard InChI is InChI=1S/C44H79O10P/c1-3-5-7-9-11-13-15-17-19-20-22-24-26-28-30-32-34-36-44(48)54-42(40-53-55(49,50)52-38-41(46)37-45)39-51-43(47)35-33-31-29-27-25-23-21-18-16-14-12-10-8-6-4-2/h17,19,22,24-25,27-28,30,41-42,45-46H,3-16,18,20-21,23,26,29,31-40H2,1-2H3,(H,49,50)/b19-17+,24-22+,27-25+,30-28+/t41-,42+/m0/s1. The van der Waals surface area contributed by atoms with E-state index < -0.39 is 51.8 Å². The first kappa shape index (κ1) is 52.9. The lowest BCUT2D eigenvalue weighted by Crippen LogP contribution is -2.29. The second-order valence-electron chi connectivity index (χ2n) is 14.4. The third-order valence-corrected chi connectivity index (χ3v) is 9.91. The zero-order valence-corrected chi connectivity index (χ0v) is 35.5. The number of unbranched alkanes of at least 4 members (excludes halogenated alkanes) is 18. The van der Waals surface area contributed by atoms with Crippen LogP contribution in [0.3, 0.4) is 0 Å². The van der Waals surface area contributed by atoms with Crippen LogP contribution in [0, 0.1) is 0 Å². The van der Waals surface area contributed by atoms with Gasteiger partial charge < -0.3 is 24.6 Å². The molecule has 0 amide bonds. The van der Waals surface area contributed by atoms with Crippen LogP contribution in [0.5, 0.6) is 0 Å².